The highest BCUT2D eigenvalue weighted by atomic mass is 16.5. The van der Waals surface area contributed by atoms with Gasteiger partial charge in [-0.15, -0.1) is 0 Å². The molecule has 2 aliphatic rings. The summed E-state index contributed by atoms with van der Waals surface area (Å²) in [5, 5.41) is 3.12. The van der Waals surface area contributed by atoms with Gasteiger partial charge in [-0.05, 0) is 45.1 Å². The molecule has 2 heterocycles. The van der Waals surface area contributed by atoms with Gasteiger partial charge in [-0.2, -0.15) is 0 Å². The third-order valence-corrected chi connectivity index (χ3v) is 4.57. The van der Waals surface area contributed by atoms with Gasteiger partial charge in [-0.25, -0.2) is 0 Å². The van der Waals surface area contributed by atoms with Gasteiger partial charge in [0.1, 0.15) is 0 Å². The van der Waals surface area contributed by atoms with Crippen LogP contribution in [0.5, 0.6) is 0 Å². The van der Waals surface area contributed by atoms with Crippen LogP contribution in [0.4, 0.5) is 0 Å². The monoisotopic (exact) mass is 296 g/mol. The SMILES string of the molecule is CCOC(=O)CCCCCN1CCC2NC(=O)CCC2C1. The first-order valence-electron chi connectivity index (χ1n) is 8.36. The van der Waals surface area contributed by atoms with E-state index in [0.717, 1.165) is 51.7 Å². The molecular formula is C16H28N2O3. The Morgan fingerprint density at radius 2 is 2.19 bits per heavy atom. The Kier molecular flexibility index (Phi) is 6.49. The fourth-order valence-corrected chi connectivity index (χ4v) is 3.40. The van der Waals surface area contributed by atoms with Crippen molar-refractivity contribution in [3.63, 3.8) is 0 Å². The molecule has 2 unspecified atom stereocenters. The Morgan fingerprint density at radius 3 is 3.00 bits per heavy atom. The quantitative estimate of drug-likeness (QED) is 0.574. The lowest BCUT2D eigenvalue weighted by molar-refractivity contribution is -0.143. The zero-order chi connectivity index (χ0) is 15.1. The van der Waals surface area contributed by atoms with Crippen molar-refractivity contribution in [1.29, 1.82) is 0 Å². The summed E-state index contributed by atoms with van der Waals surface area (Å²) >= 11 is 0. The number of likely N-dealkylation sites (tertiary alicyclic amines) is 1. The molecule has 0 bridgehead atoms. The van der Waals surface area contributed by atoms with E-state index in [1.165, 1.54) is 0 Å². The number of ether oxygens (including phenoxy) is 1. The van der Waals surface area contributed by atoms with Crippen LogP contribution < -0.4 is 5.32 Å². The summed E-state index contributed by atoms with van der Waals surface area (Å²) in [6.45, 7) is 5.63. The van der Waals surface area contributed by atoms with Gasteiger partial charge in [0.2, 0.25) is 5.91 Å². The fraction of sp³-hybridized carbons (Fsp3) is 0.875. The lowest BCUT2D eigenvalue weighted by atomic mass is 9.85. The van der Waals surface area contributed by atoms with E-state index < -0.39 is 0 Å². The molecule has 120 valence electrons. The second-order valence-electron chi connectivity index (χ2n) is 6.18. The molecule has 0 aromatic rings. The van der Waals surface area contributed by atoms with Gasteiger partial charge >= 0.3 is 5.97 Å². The summed E-state index contributed by atoms with van der Waals surface area (Å²) in [4.78, 5) is 25.1. The normalized spacial score (nSPS) is 26.0. The third-order valence-electron chi connectivity index (χ3n) is 4.57. The van der Waals surface area contributed by atoms with E-state index in [1.54, 1.807) is 0 Å². The molecule has 0 spiro atoms. The lowest BCUT2D eigenvalue weighted by Crippen LogP contribution is -2.54. The molecule has 0 aromatic heterocycles. The standard InChI is InChI=1S/C16H28N2O3/c1-2-21-16(20)6-4-3-5-10-18-11-9-14-13(12-18)7-8-15(19)17-14/h13-14H,2-12H2,1H3,(H,17,19). The van der Waals surface area contributed by atoms with Crippen LogP contribution in [-0.2, 0) is 14.3 Å². The molecule has 2 aliphatic heterocycles. The average Bonchev–Trinajstić information content (AvgIpc) is 2.47. The predicted molar refractivity (Wildman–Crippen MR) is 80.8 cm³/mol. The van der Waals surface area contributed by atoms with Gasteiger partial charge in [0, 0.05) is 32.0 Å². The number of carbonyl (C=O) groups excluding carboxylic acids is 2. The molecule has 0 aliphatic carbocycles. The Bertz CT molecular complexity index is 359. The van der Waals surface area contributed by atoms with Crippen molar-refractivity contribution in [3.8, 4) is 0 Å². The maximum atomic E-state index is 11.4. The Hall–Kier alpha value is -1.10. The molecule has 21 heavy (non-hydrogen) atoms. The van der Waals surface area contributed by atoms with Crippen LogP contribution in [0.1, 0.15) is 51.9 Å². The van der Waals surface area contributed by atoms with Crippen molar-refractivity contribution in [2.45, 2.75) is 57.9 Å². The van der Waals surface area contributed by atoms with Crippen LogP contribution in [-0.4, -0.2) is 49.1 Å². The number of hydrogen-bond acceptors (Lipinski definition) is 4. The maximum absolute atomic E-state index is 11.4. The number of nitrogens with zero attached hydrogens (tertiary/aromatic N) is 1. The summed E-state index contributed by atoms with van der Waals surface area (Å²) < 4.78 is 4.92. The first-order valence-corrected chi connectivity index (χ1v) is 8.36. The van der Waals surface area contributed by atoms with E-state index in [9.17, 15) is 9.59 Å². The Morgan fingerprint density at radius 1 is 1.33 bits per heavy atom. The number of rotatable bonds is 7. The largest absolute Gasteiger partial charge is 0.466 e. The molecule has 2 fully saturated rings. The van der Waals surface area contributed by atoms with Crippen molar-refractivity contribution < 1.29 is 14.3 Å². The van der Waals surface area contributed by atoms with E-state index in [-0.39, 0.29) is 11.9 Å². The lowest BCUT2D eigenvalue weighted by Gasteiger charge is -2.41. The Labute approximate surface area is 127 Å². The number of amides is 1. The number of carbonyl (C=O) groups is 2. The van der Waals surface area contributed by atoms with Crippen molar-refractivity contribution in [3.05, 3.63) is 0 Å². The van der Waals surface area contributed by atoms with E-state index in [2.05, 4.69) is 10.2 Å². The highest BCUT2D eigenvalue weighted by Crippen LogP contribution is 2.25. The van der Waals surface area contributed by atoms with E-state index in [4.69, 9.17) is 4.74 Å². The van der Waals surface area contributed by atoms with Gasteiger partial charge < -0.3 is 15.0 Å². The maximum Gasteiger partial charge on any atom is 0.305 e. The zero-order valence-electron chi connectivity index (χ0n) is 13.1. The fourth-order valence-electron chi connectivity index (χ4n) is 3.40. The molecule has 2 saturated heterocycles. The molecule has 0 radical (unpaired) electrons. The van der Waals surface area contributed by atoms with E-state index in [1.807, 2.05) is 6.92 Å². The molecule has 5 nitrogen and oxygen atoms in total. The van der Waals surface area contributed by atoms with Crippen molar-refractivity contribution in [2.24, 2.45) is 5.92 Å². The first kappa shape index (κ1) is 16.3. The highest BCUT2D eigenvalue weighted by molar-refractivity contribution is 5.77. The van der Waals surface area contributed by atoms with Crippen molar-refractivity contribution in [1.82, 2.24) is 10.2 Å². The van der Waals surface area contributed by atoms with Crippen LogP contribution in [0, 0.1) is 5.92 Å². The molecule has 2 atom stereocenters. The number of fused-ring (bicyclic) bond motifs is 1. The minimum absolute atomic E-state index is 0.0729. The van der Waals surface area contributed by atoms with Crippen LogP contribution in [0.15, 0.2) is 0 Å². The predicted octanol–water partition coefficient (Wildman–Crippen LogP) is 1.71. The van der Waals surface area contributed by atoms with E-state index in [0.29, 0.717) is 31.4 Å². The smallest absolute Gasteiger partial charge is 0.305 e. The summed E-state index contributed by atoms with van der Waals surface area (Å²) in [6.07, 6.45) is 6.51. The number of nitrogens with one attached hydrogen (secondary N) is 1. The van der Waals surface area contributed by atoms with Crippen molar-refractivity contribution >= 4 is 11.9 Å². The topological polar surface area (TPSA) is 58.6 Å². The first-order chi connectivity index (χ1) is 10.2. The molecule has 2 rings (SSSR count). The summed E-state index contributed by atoms with van der Waals surface area (Å²) in [5.74, 6) is 0.788. The molecule has 0 saturated carbocycles. The number of esters is 1. The van der Waals surface area contributed by atoms with Crippen LogP contribution in [0.25, 0.3) is 0 Å². The second-order valence-corrected chi connectivity index (χ2v) is 6.18. The summed E-state index contributed by atoms with van der Waals surface area (Å²) in [5.41, 5.74) is 0. The number of unbranched alkanes of at least 4 members (excludes halogenated alkanes) is 2. The van der Waals surface area contributed by atoms with Gasteiger partial charge in [0.05, 0.1) is 6.61 Å². The van der Waals surface area contributed by atoms with Crippen LogP contribution in [0.3, 0.4) is 0 Å². The van der Waals surface area contributed by atoms with Gasteiger partial charge in [-0.3, -0.25) is 9.59 Å². The average molecular weight is 296 g/mol. The van der Waals surface area contributed by atoms with Crippen LogP contribution in [0.2, 0.25) is 0 Å². The second kappa shape index (κ2) is 8.37. The highest BCUT2D eigenvalue weighted by Gasteiger charge is 2.33. The van der Waals surface area contributed by atoms with Gasteiger partial charge in [0.25, 0.3) is 0 Å². The molecule has 1 amide bonds. The number of hydrogen-bond donors (Lipinski definition) is 1. The molecule has 5 heteroatoms. The summed E-state index contributed by atoms with van der Waals surface area (Å²) in [6, 6.07) is 0.409. The van der Waals surface area contributed by atoms with E-state index >= 15 is 0 Å². The van der Waals surface area contributed by atoms with Crippen LogP contribution >= 0.6 is 0 Å². The zero-order valence-corrected chi connectivity index (χ0v) is 13.1. The Balaban J connectivity index is 1.56. The van der Waals surface area contributed by atoms with Crippen molar-refractivity contribution in [2.75, 3.05) is 26.2 Å². The molecule has 1 N–H and O–H groups in total. The minimum atomic E-state index is -0.0729. The minimum Gasteiger partial charge on any atom is -0.466 e. The summed E-state index contributed by atoms with van der Waals surface area (Å²) in [7, 11) is 0. The molecular weight excluding hydrogens is 268 g/mol. The van der Waals surface area contributed by atoms with Gasteiger partial charge in [0.15, 0.2) is 0 Å². The number of piperidine rings is 2. The molecule has 0 aromatic carbocycles. The van der Waals surface area contributed by atoms with Gasteiger partial charge in [-0.1, -0.05) is 6.42 Å². The third kappa shape index (κ3) is 5.30.